The summed E-state index contributed by atoms with van der Waals surface area (Å²) in [7, 11) is 0. The van der Waals surface area contributed by atoms with Crippen molar-refractivity contribution in [3.63, 3.8) is 0 Å². The van der Waals surface area contributed by atoms with E-state index in [1.54, 1.807) is 6.07 Å². The predicted molar refractivity (Wildman–Crippen MR) is 79.4 cm³/mol. The van der Waals surface area contributed by atoms with Gasteiger partial charge < -0.3 is 15.3 Å². The van der Waals surface area contributed by atoms with Crippen molar-refractivity contribution in [2.24, 2.45) is 5.41 Å². The Morgan fingerprint density at radius 2 is 1.95 bits per heavy atom. The SMILES string of the molecule is CCC1(C(=O)O)CCN(C(C)c2cc(O)ccc2O)CC1. The highest BCUT2D eigenvalue weighted by Crippen LogP contribution is 2.39. The summed E-state index contributed by atoms with van der Waals surface area (Å²) in [5.41, 5.74) is 0.0613. The Bertz CT molecular complexity index is 521. The molecule has 0 radical (unpaired) electrons. The molecule has 5 heteroatoms. The van der Waals surface area contributed by atoms with Crippen molar-refractivity contribution in [2.75, 3.05) is 13.1 Å². The van der Waals surface area contributed by atoms with Crippen LogP contribution in [0.4, 0.5) is 0 Å². The van der Waals surface area contributed by atoms with Crippen molar-refractivity contribution in [3.05, 3.63) is 23.8 Å². The predicted octanol–water partition coefficient (Wildman–Crippen LogP) is 2.74. The van der Waals surface area contributed by atoms with Gasteiger partial charge in [0.05, 0.1) is 5.41 Å². The molecule has 0 saturated carbocycles. The molecular formula is C16H23NO4. The summed E-state index contributed by atoms with van der Waals surface area (Å²) in [6, 6.07) is 4.45. The molecule has 2 rings (SSSR count). The summed E-state index contributed by atoms with van der Waals surface area (Å²) in [5, 5.41) is 28.9. The second-order valence-corrected chi connectivity index (χ2v) is 5.89. The van der Waals surface area contributed by atoms with E-state index in [2.05, 4.69) is 4.90 Å². The maximum absolute atomic E-state index is 11.5. The summed E-state index contributed by atoms with van der Waals surface area (Å²) in [5.74, 6) is -0.427. The third kappa shape index (κ3) is 2.97. The van der Waals surface area contributed by atoms with E-state index in [4.69, 9.17) is 0 Å². The van der Waals surface area contributed by atoms with Gasteiger partial charge in [0, 0.05) is 11.6 Å². The minimum absolute atomic E-state index is 0.0549. The van der Waals surface area contributed by atoms with Gasteiger partial charge in [-0.25, -0.2) is 0 Å². The maximum Gasteiger partial charge on any atom is 0.309 e. The van der Waals surface area contributed by atoms with Crippen molar-refractivity contribution in [1.82, 2.24) is 4.90 Å². The van der Waals surface area contributed by atoms with Gasteiger partial charge in [0.25, 0.3) is 0 Å². The third-order valence-electron chi connectivity index (χ3n) is 4.89. The number of nitrogens with zero attached hydrogens (tertiary/aromatic N) is 1. The average molecular weight is 293 g/mol. The lowest BCUT2D eigenvalue weighted by Gasteiger charge is -2.41. The normalized spacial score (nSPS) is 20.1. The third-order valence-corrected chi connectivity index (χ3v) is 4.89. The highest BCUT2D eigenvalue weighted by atomic mass is 16.4. The van der Waals surface area contributed by atoms with Gasteiger partial charge in [0.2, 0.25) is 0 Å². The number of carboxylic acids is 1. The van der Waals surface area contributed by atoms with Gasteiger partial charge in [0.1, 0.15) is 11.5 Å². The van der Waals surface area contributed by atoms with E-state index in [1.165, 1.54) is 12.1 Å². The van der Waals surface area contributed by atoms with Gasteiger partial charge in [-0.3, -0.25) is 9.69 Å². The smallest absolute Gasteiger partial charge is 0.309 e. The summed E-state index contributed by atoms with van der Waals surface area (Å²) in [6.45, 7) is 5.25. The molecule has 0 aromatic heterocycles. The number of piperidine rings is 1. The molecule has 0 spiro atoms. The first-order valence-corrected chi connectivity index (χ1v) is 7.39. The second-order valence-electron chi connectivity index (χ2n) is 5.89. The lowest BCUT2D eigenvalue weighted by atomic mass is 9.76. The quantitative estimate of drug-likeness (QED) is 0.744. The number of hydrogen-bond acceptors (Lipinski definition) is 4. The highest BCUT2D eigenvalue weighted by Gasteiger charge is 2.40. The Hall–Kier alpha value is -1.75. The van der Waals surface area contributed by atoms with Crippen LogP contribution >= 0.6 is 0 Å². The van der Waals surface area contributed by atoms with E-state index in [9.17, 15) is 20.1 Å². The first kappa shape index (κ1) is 15.6. The zero-order valence-electron chi connectivity index (χ0n) is 12.5. The van der Waals surface area contributed by atoms with Crippen LogP contribution in [-0.4, -0.2) is 39.3 Å². The summed E-state index contributed by atoms with van der Waals surface area (Å²) in [4.78, 5) is 13.6. The zero-order valence-corrected chi connectivity index (χ0v) is 12.5. The number of benzene rings is 1. The standard InChI is InChI=1S/C16H23NO4/c1-3-16(15(20)21)6-8-17(9-7-16)11(2)13-10-12(18)4-5-14(13)19/h4-5,10-11,18-19H,3,6-9H2,1-2H3,(H,20,21). The molecule has 0 aliphatic carbocycles. The Balaban J connectivity index is 2.11. The van der Waals surface area contributed by atoms with E-state index in [1.807, 2.05) is 13.8 Å². The highest BCUT2D eigenvalue weighted by molar-refractivity contribution is 5.74. The molecule has 3 N–H and O–H groups in total. The van der Waals surface area contributed by atoms with Crippen molar-refractivity contribution >= 4 is 5.97 Å². The second kappa shape index (κ2) is 5.93. The Morgan fingerprint density at radius 3 is 2.48 bits per heavy atom. The molecule has 0 amide bonds. The van der Waals surface area contributed by atoms with Gasteiger partial charge in [0.15, 0.2) is 0 Å². The number of aliphatic carboxylic acids is 1. The van der Waals surface area contributed by atoms with E-state index >= 15 is 0 Å². The zero-order chi connectivity index (χ0) is 15.6. The molecule has 1 atom stereocenters. The number of likely N-dealkylation sites (tertiary alicyclic amines) is 1. The molecule has 1 aliphatic heterocycles. The number of hydrogen-bond donors (Lipinski definition) is 3. The van der Waals surface area contributed by atoms with E-state index in [-0.39, 0.29) is 17.5 Å². The molecule has 1 fully saturated rings. The van der Waals surface area contributed by atoms with Gasteiger partial charge in [-0.1, -0.05) is 6.92 Å². The molecule has 5 nitrogen and oxygen atoms in total. The molecule has 1 aromatic rings. The minimum Gasteiger partial charge on any atom is -0.508 e. The van der Waals surface area contributed by atoms with Crippen molar-refractivity contribution in [1.29, 1.82) is 0 Å². The van der Waals surface area contributed by atoms with Gasteiger partial charge in [-0.2, -0.15) is 0 Å². The molecule has 0 bridgehead atoms. The van der Waals surface area contributed by atoms with Crippen LogP contribution in [0.2, 0.25) is 0 Å². The number of rotatable bonds is 4. The van der Waals surface area contributed by atoms with Crippen LogP contribution in [0.5, 0.6) is 11.5 Å². The fourth-order valence-electron chi connectivity index (χ4n) is 3.13. The molecule has 1 unspecified atom stereocenters. The van der Waals surface area contributed by atoms with E-state index in [0.717, 1.165) is 0 Å². The molecule has 21 heavy (non-hydrogen) atoms. The summed E-state index contributed by atoms with van der Waals surface area (Å²) in [6.07, 6.45) is 1.87. The number of aromatic hydroxyl groups is 2. The van der Waals surface area contributed by atoms with Crippen molar-refractivity contribution in [2.45, 2.75) is 39.2 Å². The Labute approximate surface area is 124 Å². The van der Waals surface area contributed by atoms with Crippen LogP contribution in [-0.2, 0) is 4.79 Å². The fourth-order valence-corrected chi connectivity index (χ4v) is 3.13. The fraction of sp³-hybridized carbons (Fsp3) is 0.562. The molecule has 1 saturated heterocycles. The molecule has 1 heterocycles. The molecule has 116 valence electrons. The molecule has 1 aromatic carbocycles. The van der Waals surface area contributed by atoms with E-state index in [0.29, 0.717) is 37.9 Å². The lowest BCUT2D eigenvalue weighted by molar-refractivity contribution is -0.152. The molecule has 1 aliphatic rings. The number of carbonyl (C=O) groups is 1. The first-order chi connectivity index (χ1) is 9.89. The first-order valence-electron chi connectivity index (χ1n) is 7.39. The van der Waals surface area contributed by atoms with Crippen molar-refractivity contribution in [3.8, 4) is 11.5 Å². The Kier molecular flexibility index (Phi) is 4.42. The van der Waals surface area contributed by atoms with Gasteiger partial charge >= 0.3 is 5.97 Å². The van der Waals surface area contributed by atoms with Crippen LogP contribution in [0.3, 0.4) is 0 Å². The summed E-state index contributed by atoms with van der Waals surface area (Å²) >= 11 is 0. The monoisotopic (exact) mass is 293 g/mol. The topological polar surface area (TPSA) is 81.0 Å². The largest absolute Gasteiger partial charge is 0.508 e. The van der Waals surface area contributed by atoms with Crippen LogP contribution in [0, 0.1) is 5.41 Å². The van der Waals surface area contributed by atoms with Gasteiger partial charge in [-0.05, 0) is 57.5 Å². The summed E-state index contributed by atoms with van der Waals surface area (Å²) < 4.78 is 0. The van der Waals surface area contributed by atoms with Crippen LogP contribution in [0.15, 0.2) is 18.2 Å². The molecular weight excluding hydrogens is 270 g/mol. The average Bonchev–Trinajstić information content (AvgIpc) is 2.49. The number of phenolic OH excluding ortho intramolecular Hbond substituents is 2. The Morgan fingerprint density at radius 1 is 1.33 bits per heavy atom. The van der Waals surface area contributed by atoms with E-state index < -0.39 is 11.4 Å². The van der Waals surface area contributed by atoms with Crippen molar-refractivity contribution < 1.29 is 20.1 Å². The van der Waals surface area contributed by atoms with Gasteiger partial charge in [-0.15, -0.1) is 0 Å². The van der Waals surface area contributed by atoms with Crippen LogP contribution < -0.4 is 0 Å². The number of phenols is 2. The lowest BCUT2D eigenvalue weighted by Crippen LogP contribution is -2.44. The number of carboxylic acid groups (broad SMARTS) is 1. The maximum atomic E-state index is 11.5. The minimum atomic E-state index is -0.711. The van der Waals surface area contributed by atoms with Crippen LogP contribution in [0.25, 0.3) is 0 Å². The van der Waals surface area contributed by atoms with Crippen LogP contribution in [0.1, 0.15) is 44.7 Å².